The highest BCUT2D eigenvalue weighted by Gasteiger charge is 2.44. The molecule has 0 amide bonds. The molecule has 0 aliphatic heterocycles. The molecule has 7 atom stereocenters. The third-order valence-electron chi connectivity index (χ3n) is 10.7. The first-order valence-corrected chi connectivity index (χ1v) is 14.4. The quantitative estimate of drug-likeness (QED) is 0.375. The maximum Gasteiger partial charge on any atom is 0.134 e. The van der Waals surface area contributed by atoms with Crippen molar-refractivity contribution >= 4 is 0 Å². The van der Waals surface area contributed by atoms with Crippen LogP contribution in [0, 0.1) is 47.3 Å². The van der Waals surface area contributed by atoms with Crippen LogP contribution >= 0.6 is 0 Å². The predicted octanol–water partition coefficient (Wildman–Crippen LogP) is 9.27. The summed E-state index contributed by atoms with van der Waals surface area (Å²) in [6.45, 7) is 4.48. The van der Waals surface area contributed by atoms with Crippen LogP contribution < -0.4 is 0 Å². The molecule has 32 heavy (non-hydrogen) atoms. The van der Waals surface area contributed by atoms with Gasteiger partial charge in [0.1, 0.15) is 18.5 Å². The molecule has 4 aliphatic rings. The third-order valence-corrected chi connectivity index (χ3v) is 10.7. The van der Waals surface area contributed by atoms with E-state index in [4.69, 9.17) is 0 Å². The maximum absolute atomic E-state index is 15.1. The van der Waals surface area contributed by atoms with Gasteiger partial charge in [-0.1, -0.05) is 52.4 Å². The van der Waals surface area contributed by atoms with Crippen LogP contribution in [0.4, 0.5) is 13.2 Å². The SMILES string of the molecule is CCC1CCC(C2CCC(CCC3CCC(C4CCC(C)CC4)C(F)C3F)CC2)C(F)C1. The van der Waals surface area contributed by atoms with E-state index in [1.807, 2.05) is 0 Å². The van der Waals surface area contributed by atoms with Crippen molar-refractivity contribution in [1.29, 1.82) is 0 Å². The lowest BCUT2D eigenvalue weighted by Crippen LogP contribution is -2.42. The van der Waals surface area contributed by atoms with Gasteiger partial charge in [0.15, 0.2) is 0 Å². The van der Waals surface area contributed by atoms with Gasteiger partial charge in [0.25, 0.3) is 0 Å². The van der Waals surface area contributed by atoms with Gasteiger partial charge in [-0.3, -0.25) is 0 Å². The van der Waals surface area contributed by atoms with E-state index in [1.165, 1.54) is 32.1 Å². The first-order chi connectivity index (χ1) is 15.5. The van der Waals surface area contributed by atoms with Gasteiger partial charge in [-0.15, -0.1) is 0 Å². The average Bonchev–Trinajstić information content (AvgIpc) is 2.81. The van der Waals surface area contributed by atoms with E-state index in [9.17, 15) is 4.39 Å². The number of alkyl halides is 3. The highest BCUT2D eigenvalue weighted by Crippen LogP contribution is 2.47. The van der Waals surface area contributed by atoms with E-state index in [0.29, 0.717) is 29.6 Å². The van der Waals surface area contributed by atoms with Crippen molar-refractivity contribution in [2.45, 2.75) is 135 Å². The molecule has 0 saturated heterocycles. The van der Waals surface area contributed by atoms with E-state index < -0.39 is 18.5 Å². The minimum atomic E-state index is -1.24. The highest BCUT2D eigenvalue weighted by molar-refractivity contribution is 4.93. The smallest absolute Gasteiger partial charge is 0.134 e. The Morgan fingerprint density at radius 1 is 0.594 bits per heavy atom. The van der Waals surface area contributed by atoms with Crippen molar-refractivity contribution in [3.8, 4) is 0 Å². The Kier molecular flexibility index (Phi) is 8.93. The Balaban J connectivity index is 1.18. The van der Waals surface area contributed by atoms with Gasteiger partial charge >= 0.3 is 0 Å². The van der Waals surface area contributed by atoms with Gasteiger partial charge in [0, 0.05) is 0 Å². The second-order valence-electron chi connectivity index (χ2n) is 12.5. The molecule has 0 aromatic carbocycles. The molecular formula is C29H49F3. The Bertz CT molecular complexity index is 549. The molecule has 4 fully saturated rings. The zero-order valence-electron chi connectivity index (χ0n) is 20.8. The Hall–Kier alpha value is -0.210. The Morgan fingerprint density at radius 2 is 1.19 bits per heavy atom. The summed E-state index contributed by atoms with van der Waals surface area (Å²) in [7, 11) is 0. The fourth-order valence-electron chi connectivity index (χ4n) is 8.21. The first kappa shape index (κ1) is 24.9. The summed E-state index contributed by atoms with van der Waals surface area (Å²) >= 11 is 0. The normalized spacial score (nSPS) is 48.5. The van der Waals surface area contributed by atoms with Crippen molar-refractivity contribution in [2.24, 2.45) is 47.3 Å². The number of rotatable bonds is 6. The maximum atomic E-state index is 15.1. The first-order valence-electron chi connectivity index (χ1n) is 14.4. The zero-order chi connectivity index (χ0) is 22.7. The van der Waals surface area contributed by atoms with Crippen LogP contribution in [0.15, 0.2) is 0 Å². The van der Waals surface area contributed by atoms with Gasteiger partial charge in [-0.05, 0) is 112 Å². The lowest BCUT2D eigenvalue weighted by Gasteiger charge is -2.42. The molecule has 4 aliphatic carbocycles. The third kappa shape index (κ3) is 5.88. The number of halogens is 3. The number of hydrogen-bond donors (Lipinski definition) is 0. The fourth-order valence-corrected chi connectivity index (χ4v) is 8.21. The number of hydrogen-bond acceptors (Lipinski definition) is 0. The lowest BCUT2D eigenvalue weighted by molar-refractivity contribution is -0.0158. The minimum absolute atomic E-state index is 0.0272. The van der Waals surface area contributed by atoms with Crippen LogP contribution in [-0.2, 0) is 0 Å². The van der Waals surface area contributed by atoms with Gasteiger partial charge in [0.2, 0.25) is 0 Å². The van der Waals surface area contributed by atoms with Crippen LogP contribution in [0.25, 0.3) is 0 Å². The molecule has 186 valence electrons. The van der Waals surface area contributed by atoms with E-state index in [-0.39, 0.29) is 11.8 Å². The topological polar surface area (TPSA) is 0 Å². The molecule has 0 N–H and O–H groups in total. The molecule has 3 heteroatoms. The molecule has 0 aromatic heterocycles. The van der Waals surface area contributed by atoms with E-state index >= 15 is 8.78 Å². The fraction of sp³-hybridized carbons (Fsp3) is 1.00. The predicted molar refractivity (Wildman–Crippen MR) is 128 cm³/mol. The van der Waals surface area contributed by atoms with Gasteiger partial charge in [-0.25, -0.2) is 13.2 Å². The van der Waals surface area contributed by atoms with Gasteiger partial charge in [-0.2, -0.15) is 0 Å². The van der Waals surface area contributed by atoms with Crippen molar-refractivity contribution in [2.75, 3.05) is 0 Å². The minimum Gasteiger partial charge on any atom is -0.247 e. The van der Waals surface area contributed by atoms with Crippen LogP contribution in [-0.4, -0.2) is 18.5 Å². The van der Waals surface area contributed by atoms with Crippen LogP contribution in [0.5, 0.6) is 0 Å². The second-order valence-corrected chi connectivity index (χ2v) is 12.5. The summed E-state index contributed by atoms with van der Waals surface area (Å²) in [5, 5.41) is 0. The molecule has 0 spiro atoms. The van der Waals surface area contributed by atoms with Crippen molar-refractivity contribution in [3.05, 3.63) is 0 Å². The Morgan fingerprint density at radius 3 is 1.84 bits per heavy atom. The summed E-state index contributed by atoms with van der Waals surface area (Å²) in [6, 6.07) is 0. The molecule has 7 unspecified atom stereocenters. The Labute approximate surface area is 195 Å². The molecule has 0 radical (unpaired) electrons. The average molecular weight is 455 g/mol. The monoisotopic (exact) mass is 454 g/mol. The van der Waals surface area contributed by atoms with Crippen LogP contribution in [0.3, 0.4) is 0 Å². The second kappa shape index (κ2) is 11.5. The zero-order valence-corrected chi connectivity index (χ0v) is 20.8. The van der Waals surface area contributed by atoms with E-state index in [2.05, 4.69) is 13.8 Å². The standard InChI is InChI=1S/C29H49F3/c1-3-20-9-16-25(27(30)18-20)22-12-6-21(7-13-22)8-14-24-15-17-26(29(32)28(24)31)23-10-4-19(2)5-11-23/h19-29H,3-18H2,1-2H3. The molecule has 0 bridgehead atoms. The lowest BCUT2D eigenvalue weighted by atomic mass is 9.66. The largest absolute Gasteiger partial charge is 0.247 e. The van der Waals surface area contributed by atoms with Crippen LogP contribution in [0.1, 0.15) is 117 Å². The molecular weight excluding hydrogens is 405 g/mol. The van der Waals surface area contributed by atoms with E-state index in [1.54, 1.807) is 0 Å². The molecule has 0 nitrogen and oxygen atoms in total. The van der Waals surface area contributed by atoms with Crippen molar-refractivity contribution < 1.29 is 13.2 Å². The van der Waals surface area contributed by atoms with E-state index in [0.717, 1.165) is 76.5 Å². The molecule has 0 aromatic rings. The highest BCUT2D eigenvalue weighted by atomic mass is 19.2. The molecule has 4 saturated carbocycles. The molecule has 0 heterocycles. The summed E-state index contributed by atoms with van der Waals surface area (Å²) < 4.78 is 44.9. The molecule has 4 rings (SSSR count). The summed E-state index contributed by atoms with van der Waals surface area (Å²) in [5.41, 5.74) is 0. The van der Waals surface area contributed by atoms with Crippen molar-refractivity contribution in [3.63, 3.8) is 0 Å². The van der Waals surface area contributed by atoms with Gasteiger partial charge in [0.05, 0.1) is 0 Å². The summed E-state index contributed by atoms with van der Waals surface area (Å²) in [5.74, 6) is 3.20. The van der Waals surface area contributed by atoms with Crippen LogP contribution in [0.2, 0.25) is 0 Å². The summed E-state index contributed by atoms with van der Waals surface area (Å²) in [6.07, 6.45) is 14.1. The van der Waals surface area contributed by atoms with Crippen molar-refractivity contribution in [1.82, 2.24) is 0 Å². The van der Waals surface area contributed by atoms with Gasteiger partial charge < -0.3 is 0 Å². The summed E-state index contributed by atoms with van der Waals surface area (Å²) in [4.78, 5) is 0.